The van der Waals surface area contributed by atoms with Gasteiger partial charge in [0.15, 0.2) is 0 Å². The Hall–Kier alpha value is -1.06. The van der Waals surface area contributed by atoms with Crippen LogP contribution in [0.2, 0.25) is 0 Å². The van der Waals surface area contributed by atoms with Gasteiger partial charge in [0, 0.05) is 5.41 Å². The fourth-order valence-electron chi connectivity index (χ4n) is 4.97. The van der Waals surface area contributed by atoms with E-state index in [-0.39, 0.29) is 30.3 Å². The monoisotopic (exact) mass is 324 g/mol. The second-order valence-corrected chi connectivity index (χ2v) is 7.93. The summed E-state index contributed by atoms with van der Waals surface area (Å²) in [6, 6.07) is 0. The Morgan fingerprint density at radius 1 is 1.09 bits per heavy atom. The molecule has 4 heteroatoms. The number of carboxylic acid groups (broad SMARTS) is 1. The molecule has 2 atom stereocenters. The minimum atomic E-state index is -0.936. The number of carbonyl (C=O) groups excluding carboxylic acids is 1. The number of esters is 1. The van der Waals surface area contributed by atoms with Crippen molar-refractivity contribution in [3.63, 3.8) is 0 Å². The van der Waals surface area contributed by atoms with Crippen LogP contribution >= 0.6 is 0 Å². The van der Waals surface area contributed by atoms with Crippen LogP contribution in [0.25, 0.3) is 0 Å². The maximum absolute atomic E-state index is 12.1. The highest BCUT2D eigenvalue weighted by molar-refractivity contribution is 5.76. The quantitative estimate of drug-likeness (QED) is 0.697. The van der Waals surface area contributed by atoms with Crippen molar-refractivity contribution in [1.29, 1.82) is 0 Å². The average Bonchev–Trinajstić information content (AvgIpc) is 2.89. The molecule has 0 saturated heterocycles. The lowest BCUT2D eigenvalue weighted by molar-refractivity contribution is -0.160. The molecule has 2 fully saturated rings. The average molecular weight is 324 g/mol. The zero-order valence-electron chi connectivity index (χ0n) is 14.7. The molecule has 23 heavy (non-hydrogen) atoms. The first-order valence-electron chi connectivity index (χ1n) is 9.35. The van der Waals surface area contributed by atoms with E-state index in [0.29, 0.717) is 11.8 Å². The molecule has 0 aliphatic heterocycles. The van der Waals surface area contributed by atoms with Crippen molar-refractivity contribution in [2.45, 2.75) is 90.6 Å². The number of aliphatic carboxylic acids is 1. The lowest BCUT2D eigenvalue weighted by Gasteiger charge is -2.45. The van der Waals surface area contributed by atoms with Gasteiger partial charge in [-0.2, -0.15) is 0 Å². The number of hydrogen-bond acceptors (Lipinski definition) is 3. The molecular weight excluding hydrogens is 292 g/mol. The van der Waals surface area contributed by atoms with Crippen molar-refractivity contribution in [1.82, 2.24) is 0 Å². The van der Waals surface area contributed by atoms with Gasteiger partial charge in [0.1, 0.15) is 6.10 Å². The molecule has 2 aliphatic rings. The van der Waals surface area contributed by atoms with Crippen LogP contribution in [0.5, 0.6) is 0 Å². The predicted octanol–water partition coefficient (Wildman–Crippen LogP) is 4.56. The van der Waals surface area contributed by atoms with Crippen molar-refractivity contribution in [3.8, 4) is 0 Å². The first-order chi connectivity index (χ1) is 10.9. The van der Waals surface area contributed by atoms with E-state index in [1.165, 1.54) is 32.1 Å². The normalized spacial score (nSPS) is 28.9. The summed E-state index contributed by atoms with van der Waals surface area (Å²) in [6.07, 6.45) is 10.6. The first kappa shape index (κ1) is 18.3. The van der Waals surface area contributed by atoms with E-state index in [2.05, 4.69) is 13.8 Å². The molecular formula is C19H32O4. The number of carboxylic acids is 1. The SMILES string of the molecule is CC(C)CC1(C2CCCCC2)CCCC1OC(=O)CCC(=O)O. The molecule has 0 aromatic carbocycles. The maximum Gasteiger partial charge on any atom is 0.306 e. The fraction of sp³-hybridized carbons (Fsp3) is 0.895. The molecule has 0 bridgehead atoms. The van der Waals surface area contributed by atoms with Crippen LogP contribution in [-0.2, 0) is 14.3 Å². The second kappa shape index (κ2) is 8.16. The van der Waals surface area contributed by atoms with Crippen molar-refractivity contribution >= 4 is 11.9 Å². The molecule has 0 spiro atoms. The van der Waals surface area contributed by atoms with E-state index >= 15 is 0 Å². The van der Waals surface area contributed by atoms with Crippen molar-refractivity contribution < 1.29 is 19.4 Å². The Kier molecular flexibility index (Phi) is 6.49. The van der Waals surface area contributed by atoms with Gasteiger partial charge in [-0.15, -0.1) is 0 Å². The zero-order valence-corrected chi connectivity index (χ0v) is 14.7. The summed E-state index contributed by atoms with van der Waals surface area (Å²) in [6.45, 7) is 4.51. The molecule has 0 heterocycles. The molecule has 2 aliphatic carbocycles. The molecule has 1 N–H and O–H groups in total. The van der Waals surface area contributed by atoms with Gasteiger partial charge in [0.25, 0.3) is 0 Å². The summed E-state index contributed by atoms with van der Waals surface area (Å²) in [5.74, 6) is -0.00833. The van der Waals surface area contributed by atoms with Crippen molar-refractivity contribution in [2.75, 3.05) is 0 Å². The zero-order chi connectivity index (χ0) is 16.9. The van der Waals surface area contributed by atoms with E-state index in [0.717, 1.165) is 25.7 Å². The Balaban J connectivity index is 2.08. The highest BCUT2D eigenvalue weighted by Gasteiger charge is 2.50. The van der Waals surface area contributed by atoms with Gasteiger partial charge >= 0.3 is 11.9 Å². The standard InChI is InChI=1S/C19H32O4/c1-14(2)13-19(15-7-4-3-5-8-15)12-6-9-16(19)23-18(22)11-10-17(20)21/h14-16H,3-13H2,1-2H3,(H,20,21). The number of hydrogen-bond donors (Lipinski definition) is 1. The lowest BCUT2D eigenvalue weighted by atomic mass is 9.63. The van der Waals surface area contributed by atoms with Gasteiger partial charge < -0.3 is 9.84 Å². The van der Waals surface area contributed by atoms with E-state index < -0.39 is 5.97 Å². The summed E-state index contributed by atoms with van der Waals surface area (Å²) in [5.41, 5.74) is 0.132. The van der Waals surface area contributed by atoms with Crippen LogP contribution in [0, 0.1) is 17.3 Å². The Labute approximate surface area is 140 Å². The van der Waals surface area contributed by atoms with Crippen molar-refractivity contribution in [3.05, 3.63) is 0 Å². The van der Waals surface area contributed by atoms with Crippen LogP contribution in [-0.4, -0.2) is 23.1 Å². The molecule has 0 amide bonds. The Morgan fingerprint density at radius 3 is 2.39 bits per heavy atom. The van der Waals surface area contributed by atoms with E-state index in [1.807, 2.05) is 0 Å². The third-order valence-electron chi connectivity index (χ3n) is 5.77. The lowest BCUT2D eigenvalue weighted by Crippen LogP contribution is -2.42. The highest BCUT2D eigenvalue weighted by atomic mass is 16.5. The van der Waals surface area contributed by atoms with E-state index in [4.69, 9.17) is 9.84 Å². The summed E-state index contributed by atoms with van der Waals surface area (Å²) in [4.78, 5) is 22.7. The van der Waals surface area contributed by atoms with Gasteiger partial charge in [-0.25, -0.2) is 0 Å². The van der Waals surface area contributed by atoms with Crippen molar-refractivity contribution in [2.24, 2.45) is 17.3 Å². The third-order valence-corrected chi connectivity index (χ3v) is 5.77. The maximum atomic E-state index is 12.1. The summed E-state index contributed by atoms with van der Waals surface area (Å²) in [7, 11) is 0. The molecule has 0 radical (unpaired) electrons. The second-order valence-electron chi connectivity index (χ2n) is 7.93. The highest BCUT2D eigenvalue weighted by Crippen LogP contribution is 2.54. The van der Waals surface area contributed by atoms with Gasteiger partial charge in [0.2, 0.25) is 0 Å². The molecule has 0 aromatic heterocycles. The van der Waals surface area contributed by atoms with E-state index in [9.17, 15) is 9.59 Å². The molecule has 2 unspecified atom stereocenters. The van der Waals surface area contributed by atoms with E-state index in [1.54, 1.807) is 0 Å². The van der Waals surface area contributed by atoms with Crippen LogP contribution in [0.15, 0.2) is 0 Å². The minimum absolute atomic E-state index is 0.00528. The Morgan fingerprint density at radius 2 is 1.78 bits per heavy atom. The van der Waals surface area contributed by atoms with Gasteiger partial charge in [0.05, 0.1) is 12.8 Å². The molecule has 0 aromatic rings. The first-order valence-corrected chi connectivity index (χ1v) is 9.35. The van der Waals surface area contributed by atoms with Gasteiger partial charge in [-0.3, -0.25) is 9.59 Å². The smallest absolute Gasteiger partial charge is 0.306 e. The minimum Gasteiger partial charge on any atom is -0.481 e. The number of ether oxygens (including phenoxy) is 1. The topological polar surface area (TPSA) is 63.6 Å². The summed E-state index contributed by atoms with van der Waals surface area (Å²) >= 11 is 0. The third kappa shape index (κ3) is 4.71. The molecule has 2 saturated carbocycles. The predicted molar refractivity (Wildman–Crippen MR) is 89.1 cm³/mol. The van der Waals surface area contributed by atoms with Crippen LogP contribution < -0.4 is 0 Å². The van der Waals surface area contributed by atoms with Gasteiger partial charge in [-0.05, 0) is 50.4 Å². The number of rotatable bonds is 7. The molecule has 4 nitrogen and oxygen atoms in total. The molecule has 132 valence electrons. The van der Waals surface area contributed by atoms with Crippen LogP contribution in [0.4, 0.5) is 0 Å². The molecule has 2 rings (SSSR count). The summed E-state index contributed by atoms with van der Waals surface area (Å²) in [5, 5.41) is 8.74. The Bertz CT molecular complexity index is 412. The van der Waals surface area contributed by atoms with Crippen LogP contribution in [0.1, 0.15) is 84.5 Å². The number of carbonyl (C=O) groups is 2. The summed E-state index contributed by atoms with van der Waals surface area (Å²) < 4.78 is 5.83. The fourth-order valence-corrected chi connectivity index (χ4v) is 4.97. The largest absolute Gasteiger partial charge is 0.481 e. The van der Waals surface area contributed by atoms with Crippen LogP contribution in [0.3, 0.4) is 0 Å². The van der Waals surface area contributed by atoms with Gasteiger partial charge in [-0.1, -0.05) is 33.1 Å².